The van der Waals surface area contributed by atoms with Gasteiger partial charge in [-0.25, -0.2) is 0 Å². The third kappa shape index (κ3) is 2.92. The van der Waals surface area contributed by atoms with Crippen molar-refractivity contribution in [3.8, 4) is 0 Å². The molecule has 0 aliphatic carbocycles. The second-order valence-electron chi connectivity index (χ2n) is 4.08. The molecule has 0 radical (unpaired) electrons. The Balaban J connectivity index is 2.32. The Bertz CT molecular complexity index is 414. The molecule has 3 nitrogen and oxygen atoms in total. The molecule has 0 amide bonds. The summed E-state index contributed by atoms with van der Waals surface area (Å²) in [4.78, 5) is 11.2. The Kier molecular flexibility index (Phi) is 3.92. The summed E-state index contributed by atoms with van der Waals surface area (Å²) in [5.74, 6) is -1.37. The summed E-state index contributed by atoms with van der Waals surface area (Å²) in [6, 6.07) is 5.03. The Morgan fingerprint density at radius 2 is 1.94 bits per heavy atom. The molecule has 1 aromatic rings. The highest BCUT2D eigenvalue weighted by Gasteiger charge is 2.33. The van der Waals surface area contributed by atoms with Gasteiger partial charge in [0.05, 0.1) is 12.0 Å². The first kappa shape index (κ1) is 12.7. The van der Waals surface area contributed by atoms with Crippen molar-refractivity contribution in [2.45, 2.75) is 18.9 Å². The lowest BCUT2D eigenvalue weighted by Gasteiger charge is -2.29. The van der Waals surface area contributed by atoms with Crippen LogP contribution in [0.4, 0.5) is 0 Å². The van der Waals surface area contributed by atoms with Crippen molar-refractivity contribution >= 4 is 29.2 Å². The molecular weight excluding hydrogens is 263 g/mol. The van der Waals surface area contributed by atoms with Crippen LogP contribution in [0.2, 0.25) is 10.0 Å². The summed E-state index contributed by atoms with van der Waals surface area (Å²) >= 11 is 11.8. The molecule has 0 bridgehead atoms. The van der Waals surface area contributed by atoms with Crippen molar-refractivity contribution in [1.82, 2.24) is 0 Å². The van der Waals surface area contributed by atoms with Crippen LogP contribution in [0.5, 0.6) is 0 Å². The first-order valence-corrected chi connectivity index (χ1v) is 6.14. The maximum Gasteiger partial charge on any atom is 0.309 e. The largest absolute Gasteiger partial charge is 0.481 e. The second kappa shape index (κ2) is 5.25. The summed E-state index contributed by atoms with van der Waals surface area (Å²) in [7, 11) is 0. The van der Waals surface area contributed by atoms with Gasteiger partial charge in [0.1, 0.15) is 0 Å². The van der Waals surface area contributed by atoms with Gasteiger partial charge in [0, 0.05) is 16.7 Å². The van der Waals surface area contributed by atoms with Crippen LogP contribution in [0.3, 0.4) is 0 Å². The Morgan fingerprint density at radius 3 is 2.53 bits per heavy atom. The predicted molar refractivity (Wildman–Crippen MR) is 65.5 cm³/mol. The predicted octanol–water partition coefficient (Wildman–Crippen LogP) is 3.55. The van der Waals surface area contributed by atoms with E-state index in [9.17, 15) is 4.79 Å². The van der Waals surface area contributed by atoms with E-state index in [-0.39, 0.29) is 0 Å². The molecule has 1 N–H and O–H groups in total. The molecular formula is C12H12Cl2O3. The quantitative estimate of drug-likeness (QED) is 0.897. The van der Waals surface area contributed by atoms with Gasteiger partial charge in [-0.3, -0.25) is 4.79 Å². The van der Waals surface area contributed by atoms with Gasteiger partial charge in [0.15, 0.2) is 0 Å². The van der Waals surface area contributed by atoms with E-state index in [1.807, 2.05) is 0 Å². The minimum absolute atomic E-state index is 0.461. The first-order valence-electron chi connectivity index (χ1n) is 5.38. The van der Waals surface area contributed by atoms with Gasteiger partial charge >= 0.3 is 5.97 Å². The molecule has 1 saturated heterocycles. The standard InChI is InChI=1S/C12H12Cl2O3/c13-8-4-7(5-9(14)6-8)11-10(12(15)16)2-1-3-17-11/h4-6,10-11H,1-3H2,(H,15,16). The summed E-state index contributed by atoms with van der Waals surface area (Å²) in [5, 5.41) is 10.1. The monoisotopic (exact) mass is 274 g/mol. The van der Waals surface area contributed by atoms with E-state index in [2.05, 4.69) is 0 Å². The van der Waals surface area contributed by atoms with E-state index in [4.69, 9.17) is 33.0 Å². The molecule has 2 unspecified atom stereocenters. The van der Waals surface area contributed by atoms with Crippen molar-refractivity contribution in [1.29, 1.82) is 0 Å². The zero-order valence-corrected chi connectivity index (χ0v) is 10.5. The number of ether oxygens (including phenoxy) is 1. The van der Waals surface area contributed by atoms with E-state index in [0.717, 1.165) is 12.0 Å². The Morgan fingerprint density at radius 1 is 1.29 bits per heavy atom. The SMILES string of the molecule is O=C(O)C1CCCOC1c1cc(Cl)cc(Cl)c1. The van der Waals surface area contributed by atoms with Gasteiger partial charge < -0.3 is 9.84 Å². The highest BCUT2D eigenvalue weighted by molar-refractivity contribution is 6.34. The summed E-state index contributed by atoms with van der Waals surface area (Å²) in [6.45, 7) is 0.568. The van der Waals surface area contributed by atoms with Crippen LogP contribution < -0.4 is 0 Å². The number of carbonyl (C=O) groups is 1. The number of benzene rings is 1. The second-order valence-corrected chi connectivity index (χ2v) is 4.95. The minimum atomic E-state index is -0.842. The fourth-order valence-corrected chi connectivity index (χ4v) is 2.64. The lowest BCUT2D eigenvalue weighted by Crippen LogP contribution is -2.28. The summed E-state index contributed by atoms with van der Waals surface area (Å²) in [5.41, 5.74) is 0.731. The maximum atomic E-state index is 11.2. The van der Waals surface area contributed by atoms with Gasteiger partial charge in [0.2, 0.25) is 0 Å². The summed E-state index contributed by atoms with van der Waals surface area (Å²) in [6.07, 6.45) is 0.920. The molecule has 1 fully saturated rings. The molecule has 0 spiro atoms. The van der Waals surface area contributed by atoms with Gasteiger partial charge in [-0.15, -0.1) is 0 Å². The number of hydrogen-bond donors (Lipinski definition) is 1. The van der Waals surface area contributed by atoms with Crippen molar-refractivity contribution in [2.75, 3.05) is 6.61 Å². The van der Waals surface area contributed by atoms with E-state index in [1.165, 1.54) is 0 Å². The van der Waals surface area contributed by atoms with Gasteiger partial charge in [-0.05, 0) is 36.6 Å². The lowest BCUT2D eigenvalue weighted by molar-refractivity contribution is -0.151. The number of aliphatic carboxylic acids is 1. The third-order valence-electron chi connectivity index (χ3n) is 2.85. The molecule has 1 heterocycles. The average molecular weight is 275 g/mol. The van der Waals surface area contributed by atoms with Crippen LogP contribution in [0.25, 0.3) is 0 Å². The molecule has 5 heteroatoms. The van der Waals surface area contributed by atoms with Crippen molar-refractivity contribution in [3.63, 3.8) is 0 Å². The smallest absolute Gasteiger partial charge is 0.309 e. The van der Waals surface area contributed by atoms with Crippen LogP contribution in [-0.2, 0) is 9.53 Å². The van der Waals surface area contributed by atoms with Crippen molar-refractivity contribution in [3.05, 3.63) is 33.8 Å². The molecule has 2 rings (SSSR count). The van der Waals surface area contributed by atoms with Crippen molar-refractivity contribution < 1.29 is 14.6 Å². The zero-order valence-electron chi connectivity index (χ0n) is 9.03. The van der Waals surface area contributed by atoms with Crippen molar-refractivity contribution in [2.24, 2.45) is 5.92 Å². The van der Waals surface area contributed by atoms with E-state index in [1.54, 1.807) is 18.2 Å². The molecule has 1 aliphatic rings. The van der Waals surface area contributed by atoms with Crippen LogP contribution in [0.1, 0.15) is 24.5 Å². The Hall–Kier alpha value is -0.770. The molecule has 2 atom stereocenters. The number of carboxylic acids is 1. The Labute approximate surface area is 109 Å². The van der Waals surface area contributed by atoms with Crippen LogP contribution >= 0.6 is 23.2 Å². The number of hydrogen-bond acceptors (Lipinski definition) is 2. The summed E-state index contributed by atoms with van der Waals surface area (Å²) < 4.78 is 5.55. The van der Waals surface area contributed by atoms with Crippen LogP contribution in [0, 0.1) is 5.92 Å². The van der Waals surface area contributed by atoms with E-state index >= 15 is 0 Å². The van der Waals surface area contributed by atoms with E-state index < -0.39 is 18.0 Å². The molecule has 0 aromatic heterocycles. The highest BCUT2D eigenvalue weighted by Crippen LogP contribution is 2.36. The third-order valence-corrected chi connectivity index (χ3v) is 3.29. The highest BCUT2D eigenvalue weighted by atomic mass is 35.5. The number of halogens is 2. The topological polar surface area (TPSA) is 46.5 Å². The zero-order chi connectivity index (χ0) is 12.4. The molecule has 17 heavy (non-hydrogen) atoms. The molecule has 0 saturated carbocycles. The van der Waals surface area contributed by atoms with Gasteiger partial charge in [0.25, 0.3) is 0 Å². The molecule has 92 valence electrons. The maximum absolute atomic E-state index is 11.2. The average Bonchev–Trinajstić information content (AvgIpc) is 2.27. The number of carboxylic acid groups (broad SMARTS) is 1. The molecule has 1 aromatic carbocycles. The van der Waals surface area contributed by atoms with Crippen LogP contribution in [-0.4, -0.2) is 17.7 Å². The van der Waals surface area contributed by atoms with Gasteiger partial charge in [-0.2, -0.15) is 0 Å². The normalized spacial score (nSPS) is 24.6. The number of rotatable bonds is 2. The first-order chi connectivity index (χ1) is 8.08. The molecule has 1 aliphatic heterocycles. The lowest BCUT2D eigenvalue weighted by atomic mass is 9.89. The van der Waals surface area contributed by atoms with Gasteiger partial charge in [-0.1, -0.05) is 23.2 Å². The fourth-order valence-electron chi connectivity index (χ4n) is 2.10. The van der Waals surface area contributed by atoms with E-state index in [0.29, 0.717) is 23.1 Å². The minimum Gasteiger partial charge on any atom is -0.481 e. The fraction of sp³-hybridized carbons (Fsp3) is 0.417. The van der Waals surface area contributed by atoms with Crippen LogP contribution in [0.15, 0.2) is 18.2 Å².